The van der Waals surface area contributed by atoms with Gasteiger partial charge in [-0.3, -0.25) is 0 Å². The maximum absolute atomic E-state index is 5.80. The van der Waals surface area contributed by atoms with Crippen LogP contribution in [0.15, 0.2) is 59.6 Å². The maximum atomic E-state index is 5.80. The van der Waals surface area contributed by atoms with Crippen LogP contribution in [0.3, 0.4) is 0 Å². The van der Waals surface area contributed by atoms with Crippen molar-refractivity contribution in [1.29, 1.82) is 0 Å². The molecule has 6 heteroatoms. The van der Waals surface area contributed by atoms with E-state index in [4.69, 9.17) is 14.5 Å². The highest BCUT2D eigenvalue weighted by Crippen LogP contribution is 2.17. The summed E-state index contributed by atoms with van der Waals surface area (Å²) in [6.07, 6.45) is 1.16. The molecule has 0 aromatic heterocycles. The quantitative estimate of drug-likeness (QED) is 0.327. The topological polar surface area (TPSA) is 46.1 Å². The summed E-state index contributed by atoms with van der Waals surface area (Å²) in [6, 6.07) is 18.4. The number of likely N-dealkylation sites (tertiary alicyclic amines) is 1. The molecule has 2 aromatic carbocycles. The number of hydrogen-bond donors (Lipinski definition) is 1. The summed E-state index contributed by atoms with van der Waals surface area (Å²) in [7, 11) is 1.77. The molecule has 1 atom stereocenters. The molecule has 0 saturated carbocycles. The van der Waals surface area contributed by atoms with Crippen LogP contribution in [0.25, 0.3) is 0 Å². The van der Waals surface area contributed by atoms with Crippen LogP contribution in [0.1, 0.15) is 24.5 Å². The summed E-state index contributed by atoms with van der Waals surface area (Å²) in [5.41, 5.74) is 2.36. The van der Waals surface area contributed by atoms with Gasteiger partial charge in [-0.15, -0.1) is 24.0 Å². The number of ether oxygens (including phenoxy) is 2. The van der Waals surface area contributed by atoms with Crippen LogP contribution in [0.5, 0.6) is 5.75 Å². The van der Waals surface area contributed by atoms with Crippen molar-refractivity contribution in [2.24, 2.45) is 10.9 Å². The summed E-state index contributed by atoms with van der Waals surface area (Å²) < 4.78 is 11.1. The summed E-state index contributed by atoms with van der Waals surface area (Å²) in [5.74, 6) is 2.49. The molecule has 1 saturated heterocycles. The molecule has 1 unspecified atom stereocenters. The van der Waals surface area contributed by atoms with Gasteiger partial charge in [0.15, 0.2) is 5.96 Å². The van der Waals surface area contributed by atoms with Crippen LogP contribution in [0.2, 0.25) is 0 Å². The van der Waals surface area contributed by atoms with E-state index in [9.17, 15) is 0 Å². The molecule has 0 amide bonds. The minimum atomic E-state index is 0. The Kier molecular flexibility index (Phi) is 10.3. The molecule has 29 heavy (non-hydrogen) atoms. The van der Waals surface area contributed by atoms with E-state index in [1.807, 2.05) is 30.3 Å². The number of aliphatic imine (C=N–C) groups is 1. The van der Waals surface area contributed by atoms with E-state index in [1.54, 1.807) is 7.11 Å². The second kappa shape index (κ2) is 12.7. The highest BCUT2D eigenvalue weighted by molar-refractivity contribution is 14.0. The first-order chi connectivity index (χ1) is 13.8. The van der Waals surface area contributed by atoms with E-state index in [0.717, 1.165) is 49.9 Å². The first-order valence-corrected chi connectivity index (χ1v) is 10.1. The van der Waals surface area contributed by atoms with Crippen molar-refractivity contribution < 1.29 is 9.47 Å². The summed E-state index contributed by atoms with van der Waals surface area (Å²) >= 11 is 0. The number of nitrogens with one attached hydrogen (secondary N) is 1. The van der Waals surface area contributed by atoms with Gasteiger partial charge in [-0.05, 0) is 36.6 Å². The van der Waals surface area contributed by atoms with Gasteiger partial charge in [0.2, 0.25) is 0 Å². The van der Waals surface area contributed by atoms with Crippen molar-refractivity contribution in [3.05, 3.63) is 65.7 Å². The van der Waals surface area contributed by atoms with Crippen molar-refractivity contribution in [1.82, 2.24) is 10.2 Å². The molecule has 5 nitrogen and oxygen atoms in total. The SMILES string of the molecule is CCNC(=NCc1ccc(COc2ccccc2)cc1)N1CCC(COC)C1.I. The largest absolute Gasteiger partial charge is 0.489 e. The minimum absolute atomic E-state index is 0. The minimum Gasteiger partial charge on any atom is -0.489 e. The molecular weight excluding hydrogens is 477 g/mol. The first-order valence-electron chi connectivity index (χ1n) is 10.1. The van der Waals surface area contributed by atoms with Crippen molar-refractivity contribution in [3.63, 3.8) is 0 Å². The summed E-state index contributed by atoms with van der Waals surface area (Å²) in [6.45, 7) is 7.10. The van der Waals surface area contributed by atoms with Crippen LogP contribution >= 0.6 is 24.0 Å². The monoisotopic (exact) mass is 509 g/mol. The fourth-order valence-corrected chi connectivity index (χ4v) is 3.41. The maximum Gasteiger partial charge on any atom is 0.194 e. The molecule has 1 aliphatic heterocycles. The predicted octanol–water partition coefficient (Wildman–Crippen LogP) is 4.32. The van der Waals surface area contributed by atoms with E-state index >= 15 is 0 Å². The Morgan fingerprint density at radius 3 is 2.52 bits per heavy atom. The Morgan fingerprint density at radius 1 is 1.10 bits per heavy atom. The molecule has 3 rings (SSSR count). The van der Waals surface area contributed by atoms with Gasteiger partial charge in [-0.25, -0.2) is 4.99 Å². The highest BCUT2D eigenvalue weighted by Gasteiger charge is 2.24. The molecule has 0 radical (unpaired) electrons. The molecular formula is C23H32IN3O2. The average Bonchev–Trinajstić information content (AvgIpc) is 3.20. The van der Waals surface area contributed by atoms with Gasteiger partial charge in [-0.2, -0.15) is 0 Å². The third-order valence-corrected chi connectivity index (χ3v) is 4.91. The van der Waals surface area contributed by atoms with Gasteiger partial charge < -0.3 is 19.7 Å². The molecule has 0 spiro atoms. The average molecular weight is 509 g/mol. The first kappa shape index (κ1) is 23.5. The molecule has 2 aromatic rings. The van der Waals surface area contributed by atoms with Crippen LogP contribution < -0.4 is 10.1 Å². The van der Waals surface area contributed by atoms with Gasteiger partial charge >= 0.3 is 0 Å². The van der Waals surface area contributed by atoms with Crippen molar-refractivity contribution in [2.75, 3.05) is 33.4 Å². The summed E-state index contributed by atoms with van der Waals surface area (Å²) in [4.78, 5) is 7.19. The molecule has 1 N–H and O–H groups in total. The van der Waals surface area contributed by atoms with Crippen molar-refractivity contribution in [3.8, 4) is 5.75 Å². The van der Waals surface area contributed by atoms with Crippen LogP contribution in [-0.4, -0.2) is 44.2 Å². The van der Waals surface area contributed by atoms with E-state index in [2.05, 4.69) is 41.4 Å². The lowest BCUT2D eigenvalue weighted by atomic mass is 10.1. The fraction of sp³-hybridized carbons (Fsp3) is 0.435. The zero-order chi connectivity index (χ0) is 19.6. The van der Waals surface area contributed by atoms with Crippen molar-refractivity contribution >= 4 is 29.9 Å². The number of hydrogen-bond acceptors (Lipinski definition) is 3. The van der Waals surface area contributed by atoms with Gasteiger partial charge in [-0.1, -0.05) is 42.5 Å². The van der Waals surface area contributed by atoms with Gasteiger partial charge in [0.1, 0.15) is 12.4 Å². The Hall–Kier alpha value is -1.80. The number of para-hydroxylation sites is 1. The highest BCUT2D eigenvalue weighted by atomic mass is 127. The standard InChI is InChI=1S/C23H31N3O2.HI/c1-3-24-23(26-14-13-21(16-26)17-27-2)25-15-19-9-11-20(12-10-19)18-28-22-7-5-4-6-8-22;/h4-12,21H,3,13-18H2,1-2H3,(H,24,25);1H. The second-order valence-electron chi connectivity index (χ2n) is 7.14. The molecule has 0 aliphatic carbocycles. The molecule has 0 bridgehead atoms. The Balaban J connectivity index is 0.00000300. The van der Waals surface area contributed by atoms with Crippen LogP contribution in [0.4, 0.5) is 0 Å². The molecule has 1 aliphatic rings. The third-order valence-electron chi connectivity index (χ3n) is 4.91. The Bertz CT molecular complexity index is 738. The third kappa shape index (κ3) is 7.51. The number of methoxy groups -OCH3 is 1. The molecule has 158 valence electrons. The van der Waals surface area contributed by atoms with Crippen LogP contribution in [-0.2, 0) is 17.9 Å². The lowest BCUT2D eigenvalue weighted by molar-refractivity contribution is 0.157. The second-order valence-corrected chi connectivity index (χ2v) is 7.14. The van der Waals surface area contributed by atoms with Gasteiger partial charge in [0.05, 0.1) is 13.2 Å². The van der Waals surface area contributed by atoms with E-state index in [0.29, 0.717) is 19.1 Å². The number of halogens is 1. The van der Waals surface area contributed by atoms with Gasteiger partial charge in [0.25, 0.3) is 0 Å². The van der Waals surface area contributed by atoms with E-state index < -0.39 is 0 Å². The number of guanidine groups is 1. The molecule has 1 fully saturated rings. The normalized spacial score (nSPS) is 16.4. The van der Waals surface area contributed by atoms with Gasteiger partial charge in [0, 0.05) is 32.7 Å². The number of nitrogens with zero attached hydrogens (tertiary/aromatic N) is 2. The van der Waals surface area contributed by atoms with Crippen molar-refractivity contribution in [2.45, 2.75) is 26.5 Å². The summed E-state index contributed by atoms with van der Waals surface area (Å²) in [5, 5.41) is 3.42. The van der Waals surface area contributed by atoms with E-state index in [-0.39, 0.29) is 24.0 Å². The van der Waals surface area contributed by atoms with Crippen LogP contribution in [0, 0.1) is 5.92 Å². The van der Waals surface area contributed by atoms with E-state index in [1.165, 1.54) is 5.56 Å². The lowest BCUT2D eigenvalue weighted by Gasteiger charge is -2.21. The lowest BCUT2D eigenvalue weighted by Crippen LogP contribution is -2.40. The zero-order valence-electron chi connectivity index (χ0n) is 17.3. The zero-order valence-corrected chi connectivity index (χ0v) is 19.7. The molecule has 1 heterocycles. The number of rotatable bonds is 8. The Labute approximate surface area is 191 Å². The Morgan fingerprint density at radius 2 is 1.83 bits per heavy atom. The predicted molar refractivity (Wildman–Crippen MR) is 129 cm³/mol. The fourth-order valence-electron chi connectivity index (χ4n) is 3.41. The smallest absolute Gasteiger partial charge is 0.194 e. The number of benzene rings is 2.